The predicted octanol–water partition coefficient (Wildman–Crippen LogP) is 2.21. The molecule has 0 saturated carbocycles. The topological polar surface area (TPSA) is 68.2 Å². The van der Waals surface area contributed by atoms with Crippen LogP contribution < -0.4 is 5.73 Å². The van der Waals surface area contributed by atoms with Gasteiger partial charge >= 0.3 is 0 Å². The van der Waals surface area contributed by atoms with E-state index in [2.05, 4.69) is 15.0 Å². The molecule has 0 amide bonds. The van der Waals surface area contributed by atoms with Gasteiger partial charge in [-0.3, -0.25) is 9.88 Å². The van der Waals surface area contributed by atoms with E-state index in [9.17, 15) is 0 Å². The van der Waals surface area contributed by atoms with Gasteiger partial charge in [0.25, 0.3) is 0 Å². The molecule has 0 radical (unpaired) electrons. The van der Waals surface area contributed by atoms with Crippen LogP contribution in [0.2, 0.25) is 0 Å². The van der Waals surface area contributed by atoms with Gasteiger partial charge in [-0.2, -0.15) is 0 Å². The number of nitrogen functional groups attached to an aromatic ring is 1. The number of hydrogen-bond donors (Lipinski definition) is 1. The number of hydrogen-bond acceptors (Lipinski definition) is 5. The minimum atomic E-state index is 0.728. The van der Waals surface area contributed by atoms with E-state index >= 15 is 0 Å². The van der Waals surface area contributed by atoms with E-state index in [1.165, 1.54) is 0 Å². The number of rotatable bonds is 4. The van der Waals surface area contributed by atoms with Crippen molar-refractivity contribution in [1.82, 2.24) is 15.0 Å². The van der Waals surface area contributed by atoms with Crippen LogP contribution in [0.1, 0.15) is 28.3 Å². The fraction of sp³-hybridized carbons (Fsp3) is 0.429. The molecule has 0 spiro atoms. The Kier molecular flexibility index (Phi) is 3.85. The molecule has 19 heavy (non-hydrogen) atoms. The van der Waals surface area contributed by atoms with Crippen molar-refractivity contribution < 1.29 is 4.52 Å². The molecular weight excluding hydrogens is 240 g/mol. The van der Waals surface area contributed by atoms with Gasteiger partial charge in [0.1, 0.15) is 5.76 Å². The highest BCUT2D eigenvalue weighted by Gasteiger charge is 2.10. The minimum Gasteiger partial charge on any atom is -0.398 e. The normalized spacial score (nSPS) is 11.2. The van der Waals surface area contributed by atoms with Gasteiger partial charge in [-0.15, -0.1) is 0 Å². The first-order valence-electron chi connectivity index (χ1n) is 6.28. The zero-order valence-corrected chi connectivity index (χ0v) is 11.9. The van der Waals surface area contributed by atoms with Crippen LogP contribution in [0.5, 0.6) is 0 Å². The summed E-state index contributed by atoms with van der Waals surface area (Å²) in [7, 11) is 2.03. The fourth-order valence-electron chi connectivity index (χ4n) is 2.03. The van der Waals surface area contributed by atoms with Crippen molar-refractivity contribution in [3.8, 4) is 0 Å². The molecule has 0 atom stereocenters. The number of aromatic nitrogens is 2. The lowest BCUT2D eigenvalue weighted by Crippen LogP contribution is -2.19. The summed E-state index contributed by atoms with van der Waals surface area (Å²) in [6, 6.07) is 1.94. The van der Waals surface area contributed by atoms with Crippen LogP contribution in [-0.2, 0) is 13.1 Å². The highest BCUT2D eigenvalue weighted by atomic mass is 16.5. The summed E-state index contributed by atoms with van der Waals surface area (Å²) in [5, 5.41) is 3.99. The Balaban J connectivity index is 2.07. The predicted molar refractivity (Wildman–Crippen MR) is 74.5 cm³/mol. The van der Waals surface area contributed by atoms with E-state index < -0.39 is 0 Å². The van der Waals surface area contributed by atoms with Crippen molar-refractivity contribution in [3.05, 3.63) is 40.5 Å². The summed E-state index contributed by atoms with van der Waals surface area (Å²) >= 11 is 0. The van der Waals surface area contributed by atoms with Crippen LogP contribution in [0, 0.1) is 20.8 Å². The lowest BCUT2D eigenvalue weighted by atomic mass is 10.1. The third kappa shape index (κ3) is 3.12. The molecule has 0 aliphatic rings. The number of pyridine rings is 1. The van der Waals surface area contributed by atoms with Gasteiger partial charge in [0.15, 0.2) is 0 Å². The Morgan fingerprint density at radius 2 is 2.00 bits per heavy atom. The van der Waals surface area contributed by atoms with E-state index in [1.807, 2.05) is 40.1 Å². The van der Waals surface area contributed by atoms with Crippen LogP contribution in [0.25, 0.3) is 0 Å². The summed E-state index contributed by atoms with van der Waals surface area (Å²) in [4.78, 5) is 6.60. The van der Waals surface area contributed by atoms with E-state index in [4.69, 9.17) is 10.3 Å². The molecule has 0 aromatic carbocycles. The molecule has 0 aliphatic heterocycles. The molecule has 102 valence electrons. The average Bonchev–Trinajstić information content (AvgIpc) is 2.75. The molecule has 2 aromatic heterocycles. The van der Waals surface area contributed by atoms with Crippen molar-refractivity contribution in [2.24, 2.45) is 0 Å². The maximum atomic E-state index is 6.03. The fourth-order valence-corrected chi connectivity index (χ4v) is 2.03. The molecular formula is C14H20N4O. The summed E-state index contributed by atoms with van der Waals surface area (Å²) < 4.78 is 5.06. The highest BCUT2D eigenvalue weighted by molar-refractivity contribution is 5.53. The second-order valence-corrected chi connectivity index (χ2v) is 5.03. The average molecular weight is 260 g/mol. The van der Waals surface area contributed by atoms with E-state index in [0.717, 1.165) is 47.1 Å². The second-order valence-electron chi connectivity index (χ2n) is 5.03. The van der Waals surface area contributed by atoms with Crippen molar-refractivity contribution in [2.75, 3.05) is 12.8 Å². The molecule has 2 aromatic rings. The summed E-state index contributed by atoms with van der Waals surface area (Å²) in [5.41, 5.74) is 10.9. The van der Waals surface area contributed by atoms with Gasteiger partial charge in [-0.25, -0.2) is 0 Å². The van der Waals surface area contributed by atoms with E-state index in [0.29, 0.717) is 0 Å². The largest absolute Gasteiger partial charge is 0.398 e. The van der Waals surface area contributed by atoms with E-state index in [-0.39, 0.29) is 0 Å². The third-order valence-corrected chi connectivity index (χ3v) is 3.20. The van der Waals surface area contributed by atoms with Crippen molar-refractivity contribution in [1.29, 1.82) is 0 Å². The molecule has 0 fully saturated rings. The number of nitrogens with zero attached hydrogens (tertiary/aromatic N) is 3. The zero-order valence-electron chi connectivity index (χ0n) is 11.9. The Hall–Kier alpha value is -1.88. The molecule has 0 bridgehead atoms. The lowest BCUT2D eigenvalue weighted by molar-refractivity contribution is 0.298. The molecule has 0 saturated heterocycles. The van der Waals surface area contributed by atoms with Gasteiger partial charge in [0.05, 0.1) is 11.4 Å². The Labute approximate surface area is 113 Å². The number of aryl methyl sites for hydroxylation is 2. The SMILES string of the molecule is Cc1cc(CN(C)Cc2ncc(C)c(N)c2C)no1. The smallest absolute Gasteiger partial charge is 0.133 e. The Bertz CT molecular complexity index is 577. The van der Waals surface area contributed by atoms with Crippen LogP contribution in [-0.4, -0.2) is 22.1 Å². The van der Waals surface area contributed by atoms with Crippen LogP contribution in [0.3, 0.4) is 0 Å². The van der Waals surface area contributed by atoms with Crippen molar-refractivity contribution in [2.45, 2.75) is 33.9 Å². The standard InChI is InChI=1S/C14H20N4O/c1-9-6-16-13(11(3)14(9)15)8-18(4)7-12-5-10(2)19-17-12/h5-6H,7-8H2,1-4H3,(H2,15,16). The van der Waals surface area contributed by atoms with Gasteiger partial charge < -0.3 is 10.3 Å². The minimum absolute atomic E-state index is 0.728. The molecule has 2 heterocycles. The van der Waals surface area contributed by atoms with Crippen LogP contribution in [0.15, 0.2) is 16.8 Å². The van der Waals surface area contributed by atoms with Crippen LogP contribution in [0.4, 0.5) is 5.69 Å². The quantitative estimate of drug-likeness (QED) is 0.912. The van der Waals surface area contributed by atoms with Gasteiger partial charge in [-0.1, -0.05) is 5.16 Å². The monoisotopic (exact) mass is 260 g/mol. The first kappa shape index (κ1) is 13.5. The molecule has 2 rings (SSSR count). The third-order valence-electron chi connectivity index (χ3n) is 3.20. The van der Waals surface area contributed by atoms with Gasteiger partial charge in [-0.05, 0) is 38.9 Å². The lowest BCUT2D eigenvalue weighted by Gasteiger charge is -2.17. The molecule has 0 unspecified atom stereocenters. The number of nitrogens with two attached hydrogens (primary N) is 1. The Morgan fingerprint density at radius 1 is 1.26 bits per heavy atom. The number of anilines is 1. The molecule has 5 heteroatoms. The maximum absolute atomic E-state index is 6.03. The summed E-state index contributed by atoms with van der Waals surface area (Å²) in [5.74, 6) is 0.831. The molecule has 5 nitrogen and oxygen atoms in total. The Morgan fingerprint density at radius 3 is 2.63 bits per heavy atom. The highest BCUT2D eigenvalue weighted by Crippen LogP contribution is 2.19. The first-order valence-corrected chi connectivity index (χ1v) is 6.28. The van der Waals surface area contributed by atoms with Gasteiger partial charge in [0.2, 0.25) is 0 Å². The zero-order chi connectivity index (χ0) is 14.0. The van der Waals surface area contributed by atoms with Crippen molar-refractivity contribution in [3.63, 3.8) is 0 Å². The molecule has 2 N–H and O–H groups in total. The van der Waals surface area contributed by atoms with E-state index in [1.54, 1.807) is 0 Å². The first-order chi connectivity index (χ1) is 8.97. The van der Waals surface area contributed by atoms with Crippen LogP contribution >= 0.6 is 0 Å². The van der Waals surface area contributed by atoms with Crippen molar-refractivity contribution >= 4 is 5.69 Å². The maximum Gasteiger partial charge on any atom is 0.133 e. The molecule has 0 aliphatic carbocycles. The summed E-state index contributed by atoms with van der Waals surface area (Å²) in [6.07, 6.45) is 1.83. The second kappa shape index (κ2) is 5.40. The van der Waals surface area contributed by atoms with Gasteiger partial charge in [0, 0.05) is 31.0 Å². The summed E-state index contributed by atoms with van der Waals surface area (Å²) in [6.45, 7) is 7.34.